The van der Waals surface area contributed by atoms with Gasteiger partial charge in [-0.25, -0.2) is 0 Å². The smallest absolute Gasteiger partial charge is 0.118 e. The molecule has 0 amide bonds. The van der Waals surface area contributed by atoms with E-state index in [1.807, 2.05) is 0 Å². The fourth-order valence-electron chi connectivity index (χ4n) is 2.14. The van der Waals surface area contributed by atoms with E-state index < -0.39 is 0 Å². The third kappa shape index (κ3) is 3.54. The van der Waals surface area contributed by atoms with Gasteiger partial charge in [0, 0.05) is 24.6 Å². The highest BCUT2D eigenvalue weighted by Gasteiger charge is 2.20. The van der Waals surface area contributed by atoms with E-state index in [-0.39, 0.29) is 6.04 Å². The summed E-state index contributed by atoms with van der Waals surface area (Å²) >= 11 is 0. The lowest BCUT2D eigenvalue weighted by Crippen LogP contribution is -2.46. The molecule has 0 aromatic carbocycles. The van der Waals surface area contributed by atoms with Crippen LogP contribution in [0.4, 0.5) is 0 Å². The fourth-order valence-corrected chi connectivity index (χ4v) is 2.14. The van der Waals surface area contributed by atoms with Crippen LogP contribution in [0.3, 0.4) is 0 Å². The van der Waals surface area contributed by atoms with Crippen molar-refractivity contribution < 1.29 is 4.74 Å². The van der Waals surface area contributed by atoms with E-state index in [1.54, 1.807) is 0 Å². The van der Waals surface area contributed by atoms with Crippen molar-refractivity contribution in [2.45, 2.75) is 44.7 Å². The Kier molecular flexibility index (Phi) is 3.79. The number of dihydropyridines is 1. The maximum absolute atomic E-state index is 5.92. The van der Waals surface area contributed by atoms with Crippen LogP contribution in [0.2, 0.25) is 0 Å². The van der Waals surface area contributed by atoms with Crippen LogP contribution in [0, 0.1) is 17.8 Å². The summed E-state index contributed by atoms with van der Waals surface area (Å²) in [5, 5.41) is 6.71. The Labute approximate surface area is 115 Å². The molecule has 19 heavy (non-hydrogen) atoms. The molecule has 102 valence electrons. The van der Waals surface area contributed by atoms with E-state index in [0.717, 1.165) is 25.3 Å². The molecule has 0 aromatic rings. The van der Waals surface area contributed by atoms with E-state index >= 15 is 0 Å². The molecule has 0 bridgehead atoms. The summed E-state index contributed by atoms with van der Waals surface area (Å²) in [7, 11) is 0. The molecular formula is C16H22N2O. The number of hydrogen-bond donors (Lipinski definition) is 2. The van der Waals surface area contributed by atoms with Gasteiger partial charge >= 0.3 is 0 Å². The quantitative estimate of drug-likeness (QED) is 0.756. The number of ether oxygens (including phenoxy) is 1. The van der Waals surface area contributed by atoms with Gasteiger partial charge in [0.05, 0.1) is 6.04 Å². The average molecular weight is 258 g/mol. The molecule has 1 aliphatic carbocycles. The standard InChI is InChI=1S/C16H22N2O/c1-12-16(19-11-15-7-8-17-15)9-14(10-18-12)4-2-3-13-5-6-13/h9-10,12-13,15,17-18H,4-8,11H2,1H3/t12?,15-/m0/s1. The summed E-state index contributed by atoms with van der Waals surface area (Å²) < 4.78 is 5.92. The fraction of sp³-hybridized carbons (Fsp3) is 0.625. The zero-order chi connectivity index (χ0) is 13.1. The Bertz CT molecular complexity index is 447. The van der Waals surface area contributed by atoms with Gasteiger partial charge in [0.25, 0.3) is 0 Å². The minimum absolute atomic E-state index is 0.264. The van der Waals surface area contributed by atoms with Gasteiger partial charge in [0.15, 0.2) is 0 Å². The van der Waals surface area contributed by atoms with Gasteiger partial charge in [-0.15, -0.1) is 0 Å². The molecule has 0 spiro atoms. The van der Waals surface area contributed by atoms with E-state index in [4.69, 9.17) is 4.74 Å². The number of allylic oxidation sites excluding steroid dienone is 2. The van der Waals surface area contributed by atoms with E-state index in [0.29, 0.717) is 12.0 Å². The third-order valence-electron chi connectivity index (χ3n) is 3.83. The summed E-state index contributed by atoms with van der Waals surface area (Å²) in [6, 6.07) is 0.803. The third-order valence-corrected chi connectivity index (χ3v) is 3.83. The minimum atomic E-state index is 0.264. The maximum atomic E-state index is 5.92. The van der Waals surface area contributed by atoms with Crippen LogP contribution in [0.15, 0.2) is 23.6 Å². The lowest BCUT2D eigenvalue weighted by Gasteiger charge is -2.30. The van der Waals surface area contributed by atoms with Gasteiger partial charge < -0.3 is 15.4 Å². The zero-order valence-corrected chi connectivity index (χ0v) is 11.5. The second-order valence-corrected chi connectivity index (χ2v) is 5.68. The summed E-state index contributed by atoms with van der Waals surface area (Å²) in [5.74, 6) is 8.29. The van der Waals surface area contributed by atoms with Crippen molar-refractivity contribution in [3.8, 4) is 11.8 Å². The summed E-state index contributed by atoms with van der Waals surface area (Å²) in [4.78, 5) is 0. The van der Waals surface area contributed by atoms with Gasteiger partial charge in [-0.05, 0) is 44.4 Å². The van der Waals surface area contributed by atoms with Gasteiger partial charge in [0.2, 0.25) is 0 Å². The predicted molar refractivity (Wildman–Crippen MR) is 76.2 cm³/mol. The molecule has 3 heteroatoms. The molecule has 1 saturated heterocycles. The molecular weight excluding hydrogens is 236 g/mol. The monoisotopic (exact) mass is 258 g/mol. The van der Waals surface area contributed by atoms with Crippen molar-refractivity contribution in [2.75, 3.05) is 13.2 Å². The minimum Gasteiger partial charge on any atom is -0.494 e. The van der Waals surface area contributed by atoms with Crippen molar-refractivity contribution in [3.63, 3.8) is 0 Å². The SMILES string of the molecule is CC1NC=C(CC#CC2CC2)C=C1OC[C@@H]1CCN1. The van der Waals surface area contributed by atoms with E-state index in [2.05, 4.69) is 41.7 Å². The van der Waals surface area contributed by atoms with Crippen LogP contribution in [0.25, 0.3) is 0 Å². The first-order chi connectivity index (χ1) is 9.31. The summed E-state index contributed by atoms with van der Waals surface area (Å²) in [5.41, 5.74) is 1.22. The lowest BCUT2D eigenvalue weighted by atomic mass is 10.1. The van der Waals surface area contributed by atoms with Crippen LogP contribution in [0.5, 0.6) is 0 Å². The molecule has 2 aliphatic heterocycles. The number of hydrogen-bond acceptors (Lipinski definition) is 3. The van der Waals surface area contributed by atoms with Crippen molar-refractivity contribution in [2.24, 2.45) is 5.92 Å². The molecule has 2 atom stereocenters. The van der Waals surface area contributed by atoms with Crippen molar-refractivity contribution in [3.05, 3.63) is 23.6 Å². The van der Waals surface area contributed by atoms with Crippen LogP contribution >= 0.6 is 0 Å². The van der Waals surface area contributed by atoms with Crippen LogP contribution < -0.4 is 10.6 Å². The molecule has 3 rings (SSSR count). The van der Waals surface area contributed by atoms with Gasteiger partial charge in [0.1, 0.15) is 12.4 Å². The van der Waals surface area contributed by atoms with E-state index in [9.17, 15) is 0 Å². The molecule has 1 saturated carbocycles. The Hall–Kier alpha value is -1.40. The number of rotatable bonds is 4. The predicted octanol–water partition coefficient (Wildman–Crippen LogP) is 1.93. The second-order valence-electron chi connectivity index (χ2n) is 5.68. The highest BCUT2D eigenvalue weighted by molar-refractivity contribution is 5.31. The average Bonchev–Trinajstić information content (AvgIpc) is 3.15. The van der Waals surface area contributed by atoms with Gasteiger partial charge in [-0.1, -0.05) is 11.8 Å². The lowest BCUT2D eigenvalue weighted by molar-refractivity contribution is 0.136. The normalized spacial score (nSPS) is 29.1. The van der Waals surface area contributed by atoms with Gasteiger partial charge in [-0.2, -0.15) is 0 Å². The summed E-state index contributed by atoms with van der Waals surface area (Å²) in [6.45, 7) is 4.03. The molecule has 2 N–H and O–H groups in total. The molecule has 2 fully saturated rings. The summed E-state index contributed by atoms with van der Waals surface area (Å²) in [6.07, 6.45) is 8.86. The number of nitrogens with one attached hydrogen (secondary N) is 2. The Morgan fingerprint density at radius 3 is 2.89 bits per heavy atom. The van der Waals surface area contributed by atoms with Crippen LogP contribution in [0.1, 0.15) is 32.6 Å². The molecule has 0 radical (unpaired) electrons. The van der Waals surface area contributed by atoms with Crippen LogP contribution in [-0.2, 0) is 4.74 Å². The molecule has 3 aliphatic rings. The Morgan fingerprint density at radius 2 is 2.21 bits per heavy atom. The highest BCUT2D eigenvalue weighted by atomic mass is 16.5. The molecule has 0 aromatic heterocycles. The molecule has 2 heterocycles. The van der Waals surface area contributed by atoms with Crippen molar-refractivity contribution in [1.82, 2.24) is 10.6 Å². The topological polar surface area (TPSA) is 33.3 Å². The largest absolute Gasteiger partial charge is 0.494 e. The first-order valence-electron chi connectivity index (χ1n) is 7.32. The first-order valence-corrected chi connectivity index (χ1v) is 7.32. The van der Waals surface area contributed by atoms with Crippen LogP contribution in [-0.4, -0.2) is 25.2 Å². The Balaban J connectivity index is 1.52. The molecule has 3 nitrogen and oxygen atoms in total. The van der Waals surface area contributed by atoms with E-state index in [1.165, 1.54) is 24.8 Å². The highest BCUT2D eigenvalue weighted by Crippen LogP contribution is 2.27. The van der Waals surface area contributed by atoms with Crippen molar-refractivity contribution in [1.29, 1.82) is 0 Å². The van der Waals surface area contributed by atoms with Gasteiger partial charge in [-0.3, -0.25) is 0 Å². The zero-order valence-electron chi connectivity index (χ0n) is 11.5. The second kappa shape index (κ2) is 5.71. The first kappa shape index (κ1) is 12.6. The maximum Gasteiger partial charge on any atom is 0.118 e. The van der Waals surface area contributed by atoms with Crippen molar-refractivity contribution >= 4 is 0 Å². The Morgan fingerprint density at radius 1 is 1.37 bits per heavy atom. The molecule has 1 unspecified atom stereocenters.